The molecule has 9 nitrogen and oxygen atoms in total. The standard InChI is InChI=1S/C22H18F2N6O3/c23-17-4-1-5-19(21(17)30(31)32)33-14-6-7-15(18(24)9-14)20-16-11-26-12-27-22(16)29(28-20)13-3-2-8-25-10-13/h1,4-7,9,11-13,25H,2-3,8,10H2. The van der Waals surface area contributed by atoms with E-state index in [1.54, 1.807) is 10.9 Å². The number of para-hydroxylation sites is 1. The zero-order valence-electron chi connectivity index (χ0n) is 17.2. The third-order valence-corrected chi connectivity index (χ3v) is 5.54. The predicted molar refractivity (Wildman–Crippen MR) is 115 cm³/mol. The molecule has 0 aliphatic carbocycles. The number of piperidine rings is 1. The summed E-state index contributed by atoms with van der Waals surface area (Å²) in [5.74, 6) is -2.02. The van der Waals surface area contributed by atoms with Crippen molar-refractivity contribution in [1.29, 1.82) is 0 Å². The van der Waals surface area contributed by atoms with E-state index in [0.717, 1.165) is 38.1 Å². The second-order valence-corrected chi connectivity index (χ2v) is 7.64. The second-order valence-electron chi connectivity index (χ2n) is 7.64. The largest absolute Gasteiger partial charge is 0.450 e. The quantitative estimate of drug-likeness (QED) is 0.353. The summed E-state index contributed by atoms with van der Waals surface area (Å²) in [6, 6.07) is 7.57. The molecule has 11 heteroatoms. The number of ether oxygens (including phenoxy) is 1. The molecule has 0 radical (unpaired) electrons. The van der Waals surface area contributed by atoms with Gasteiger partial charge in [-0.15, -0.1) is 0 Å². The number of hydrogen-bond donors (Lipinski definition) is 1. The SMILES string of the molecule is O=[N+]([O-])c1c(F)cccc1Oc1ccc(-c2nn(C3CCCNC3)c3ncncc23)c(F)c1. The predicted octanol–water partition coefficient (Wildman–Crippen LogP) is 4.40. The molecule has 0 spiro atoms. The average molecular weight is 452 g/mol. The highest BCUT2D eigenvalue weighted by molar-refractivity contribution is 5.90. The number of nitro groups is 1. The van der Waals surface area contributed by atoms with Gasteiger partial charge in [0.15, 0.2) is 5.65 Å². The van der Waals surface area contributed by atoms with Crippen molar-refractivity contribution in [3.63, 3.8) is 0 Å². The minimum atomic E-state index is -1.04. The van der Waals surface area contributed by atoms with Crippen LogP contribution in [0.2, 0.25) is 0 Å². The van der Waals surface area contributed by atoms with Crippen molar-refractivity contribution in [2.75, 3.05) is 13.1 Å². The van der Waals surface area contributed by atoms with Crippen molar-refractivity contribution < 1.29 is 18.4 Å². The highest BCUT2D eigenvalue weighted by Crippen LogP contribution is 2.36. The highest BCUT2D eigenvalue weighted by atomic mass is 19.1. The molecule has 1 aliphatic rings. The van der Waals surface area contributed by atoms with Crippen LogP contribution in [-0.2, 0) is 0 Å². The minimum Gasteiger partial charge on any atom is -0.450 e. The number of nitrogens with one attached hydrogen (secondary N) is 1. The lowest BCUT2D eigenvalue weighted by molar-refractivity contribution is -0.388. The third kappa shape index (κ3) is 3.87. The van der Waals surface area contributed by atoms with Crippen molar-refractivity contribution in [3.8, 4) is 22.8 Å². The van der Waals surface area contributed by atoms with Crippen molar-refractivity contribution in [2.24, 2.45) is 0 Å². The fraction of sp³-hybridized carbons (Fsp3) is 0.227. The molecule has 3 heterocycles. The van der Waals surface area contributed by atoms with Crippen LogP contribution in [0.15, 0.2) is 48.9 Å². The Morgan fingerprint density at radius 3 is 2.85 bits per heavy atom. The van der Waals surface area contributed by atoms with Crippen LogP contribution in [0.4, 0.5) is 14.5 Å². The molecule has 168 valence electrons. The summed E-state index contributed by atoms with van der Waals surface area (Å²) in [6.45, 7) is 1.68. The first-order valence-corrected chi connectivity index (χ1v) is 10.3. The molecule has 1 unspecified atom stereocenters. The molecular formula is C22H18F2N6O3. The Hall–Kier alpha value is -3.99. The first kappa shape index (κ1) is 20.9. The van der Waals surface area contributed by atoms with Gasteiger partial charge >= 0.3 is 5.69 Å². The number of benzene rings is 2. The average Bonchev–Trinajstić information content (AvgIpc) is 3.19. The lowest BCUT2D eigenvalue weighted by Gasteiger charge is -2.23. The number of hydrogen-bond acceptors (Lipinski definition) is 7. The molecule has 0 amide bonds. The summed E-state index contributed by atoms with van der Waals surface area (Å²) in [4.78, 5) is 18.7. The van der Waals surface area contributed by atoms with Gasteiger partial charge in [0.25, 0.3) is 0 Å². The van der Waals surface area contributed by atoms with E-state index in [0.29, 0.717) is 16.7 Å². The molecule has 1 saturated heterocycles. The van der Waals surface area contributed by atoms with Gasteiger partial charge in [-0.1, -0.05) is 6.07 Å². The molecule has 5 rings (SSSR count). The topological polar surface area (TPSA) is 108 Å². The van der Waals surface area contributed by atoms with E-state index >= 15 is 4.39 Å². The number of aromatic nitrogens is 4. The van der Waals surface area contributed by atoms with Crippen LogP contribution in [0.3, 0.4) is 0 Å². The maximum atomic E-state index is 15.2. The highest BCUT2D eigenvalue weighted by Gasteiger charge is 2.24. The van der Waals surface area contributed by atoms with Gasteiger partial charge in [0.05, 0.1) is 16.4 Å². The fourth-order valence-corrected chi connectivity index (χ4v) is 4.01. The van der Waals surface area contributed by atoms with E-state index in [-0.39, 0.29) is 23.1 Å². The van der Waals surface area contributed by atoms with E-state index in [9.17, 15) is 14.5 Å². The van der Waals surface area contributed by atoms with Crippen LogP contribution in [-0.4, -0.2) is 37.8 Å². The van der Waals surface area contributed by atoms with Crippen LogP contribution in [0, 0.1) is 21.7 Å². The Labute approximate surface area is 186 Å². The Balaban J connectivity index is 1.52. The Morgan fingerprint density at radius 1 is 1.21 bits per heavy atom. The second kappa shape index (κ2) is 8.51. The van der Waals surface area contributed by atoms with Crippen molar-refractivity contribution in [2.45, 2.75) is 18.9 Å². The molecule has 1 N–H and O–H groups in total. The Bertz CT molecular complexity index is 1350. The summed E-state index contributed by atoms with van der Waals surface area (Å²) in [5.41, 5.74) is 0.393. The number of fused-ring (bicyclic) bond motifs is 1. The molecule has 1 fully saturated rings. The summed E-state index contributed by atoms with van der Waals surface area (Å²) in [6.07, 6.45) is 4.95. The molecule has 2 aromatic carbocycles. The zero-order valence-corrected chi connectivity index (χ0v) is 17.2. The number of nitro benzene ring substituents is 1. The van der Waals surface area contributed by atoms with Gasteiger partial charge in [-0.3, -0.25) is 10.1 Å². The third-order valence-electron chi connectivity index (χ3n) is 5.54. The monoisotopic (exact) mass is 452 g/mol. The van der Waals surface area contributed by atoms with Gasteiger partial charge < -0.3 is 10.1 Å². The summed E-state index contributed by atoms with van der Waals surface area (Å²) in [5, 5.41) is 19.8. The Kier molecular flexibility index (Phi) is 5.38. The van der Waals surface area contributed by atoms with Crippen molar-refractivity contribution >= 4 is 16.7 Å². The first-order valence-electron chi connectivity index (χ1n) is 10.3. The molecule has 1 aliphatic heterocycles. The number of halogens is 2. The van der Waals surface area contributed by atoms with Crippen molar-refractivity contribution in [1.82, 2.24) is 25.1 Å². The fourth-order valence-electron chi connectivity index (χ4n) is 4.01. The Morgan fingerprint density at radius 2 is 2.09 bits per heavy atom. The molecule has 33 heavy (non-hydrogen) atoms. The molecule has 4 aromatic rings. The minimum absolute atomic E-state index is 0.0126. The van der Waals surface area contributed by atoms with E-state index in [2.05, 4.69) is 20.4 Å². The van der Waals surface area contributed by atoms with Crippen LogP contribution in [0.5, 0.6) is 11.5 Å². The zero-order chi connectivity index (χ0) is 22.9. The van der Waals surface area contributed by atoms with Gasteiger partial charge in [0, 0.05) is 24.4 Å². The van der Waals surface area contributed by atoms with Crippen LogP contribution >= 0.6 is 0 Å². The normalized spacial score (nSPS) is 16.1. The smallest absolute Gasteiger partial charge is 0.346 e. The van der Waals surface area contributed by atoms with E-state index in [1.807, 2.05) is 0 Å². The van der Waals surface area contributed by atoms with Crippen LogP contribution in [0.1, 0.15) is 18.9 Å². The first-order chi connectivity index (χ1) is 16.0. The summed E-state index contributed by atoms with van der Waals surface area (Å²) < 4.78 is 36.3. The maximum absolute atomic E-state index is 15.2. The van der Waals surface area contributed by atoms with Gasteiger partial charge in [0.2, 0.25) is 11.6 Å². The van der Waals surface area contributed by atoms with Crippen LogP contribution < -0.4 is 10.1 Å². The molecule has 2 aromatic heterocycles. The van der Waals surface area contributed by atoms with E-state index in [1.165, 1.54) is 30.6 Å². The lowest BCUT2D eigenvalue weighted by Crippen LogP contribution is -2.32. The van der Waals surface area contributed by atoms with Gasteiger partial charge in [-0.25, -0.2) is 19.0 Å². The lowest BCUT2D eigenvalue weighted by atomic mass is 10.1. The molecule has 0 saturated carbocycles. The van der Waals surface area contributed by atoms with Gasteiger partial charge in [-0.2, -0.15) is 9.49 Å². The van der Waals surface area contributed by atoms with Gasteiger partial charge in [0.1, 0.15) is 23.6 Å². The molecular weight excluding hydrogens is 434 g/mol. The summed E-state index contributed by atoms with van der Waals surface area (Å²) in [7, 11) is 0. The van der Waals surface area contributed by atoms with Crippen molar-refractivity contribution in [3.05, 3.63) is 70.7 Å². The van der Waals surface area contributed by atoms with E-state index < -0.39 is 22.2 Å². The van der Waals surface area contributed by atoms with E-state index in [4.69, 9.17) is 4.74 Å². The van der Waals surface area contributed by atoms with Gasteiger partial charge in [-0.05, 0) is 43.7 Å². The number of rotatable bonds is 5. The maximum Gasteiger partial charge on any atom is 0.346 e. The summed E-state index contributed by atoms with van der Waals surface area (Å²) >= 11 is 0. The van der Waals surface area contributed by atoms with Crippen LogP contribution in [0.25, 0.3) is 22.3 Å². The molecule has 0 bridgehead atoms. The molecule has 1 atom stereocenters. The number of nitrogens with zero attached hydrogens (tertiary/aromatic N) is 5.